The van der Waals surface area contributed by atoms with E-state index >= 15 is 0 Å². The number of nitrogens with one attached hydrogen (secondary N) is 1. The predicted molar refractivity (Wildman–Crippen MR) is 69.9 cm³/mol. The summed E-state index contributed by atoms with van der Waals surface area (Å²) in [6.45, 7) is 6.08. The maximum Gasteiger partial charge on any atom is 0.145 e. The highest BCUT2D eigenvalue weighted by atomic mass is 79.9. The molecule has 0 amide bonds. The summed E-state index contributed by atoms with van der Waals surface area (Å²) in [5.41, 5.74) is 0.114. The van der Waals surface area contributed by atoms with Crippen molar-refractivity contribution in [3.05, 3.63) is 33.8 Å². The minimum atomic E-state index is -0.517. The third kappa shape index (κ3) is 3.05. The molecule has 0 radical (unpaired) electrons. The van der Waals surface area contributed by atoms with Gasteiger partial charge in [-0.3, -0.25) is 0 Å². The van der Waals surface area contributed by atoms with Crippen LogP contribution in [0.3, 0.4) is 0 Å². The second kappa shape index (κ2) is 5.91. The molecule has 17 heavy (non-hydrogen) atoms. The van der Waals surface area contributed by atoms with Gasteiger partial charge in [0, 0.05) is 11.6 Å². The first-order valence-electron chi connectivity index (χ1n) is 5.70. The van der Waals surface area contributed by atoms with Gasteiger partial charge in [0.05, 0.1) is 4.47 Å². The normalized spacial score (nSPS) is 15.1. The van der Waals surface area contributed by atoms with Gasteiger partial charge in [0.2, 0.25) is 0 Å². The molecule has 0 spiro atoms. The molecule has 2 unspecified atom stereocenters. The fourth-order valence-corrected chi connectivity index (χ4v) is 2.23. The molecule has 0 aliphatic carbocycles. The average Bonchev–Trinajstić information content (AvgIpc) is 2.28. The molecule has 0 saturated heterocycles. The Morgan fingerprint density at radius 2 is 1.76 bits per heavy atom. The van der Waals surface area contributed by atoms with Crippen molar-refractivity contribution >= 4 is 15.9 Å². The van der Waals surface area contributed by atoms with Crippen LogP contribution in [0.5, 0.6) is 0 Å². The lowest BCUT2D eigenvalue weighted by atomic mass is 9.85. The van der Waals surface area contributed by atoms with Crippen LogP contribution in [0.2, 0.25) is 0 Å². The zero-order chi connectivity index (χ0) is 13.2. The highest BCUT2D eigenvalue weighted by Crippen LogP contribution is 2.33. The van der Waals surface area contributed by atoms with Crippen LogP contribution in [-0.2, 0) is 0 Å². The van der Waals surface area contributed by atoms with Crippen LogP contribution in [0.4, 0.5) is 8.78 Å². The lowest BCUT2D eigenvalue weighted by molar-refractivity contribution is 0.302. The van der Waals surface area contributed by atoms with Gasteiger partial charge in [-0.2, -0.15) is 0 Å². The van der Waals surface area contributed by atoms with Crippen LogP contribution in [0.25, 0.3) is 0 Å². The van der Waals surface area contributed by atoms with Crippen LogP contribution in [0, 0.1) is 23.5 Å². The van der Waals surface area contributed by atoms with E-state index in [-0.39, 0.29) is 17.5 Å². The lowest BCUT2D eigenvalue weighted by Crippen LogP contribution is -2.28. The molecule has 1 rings (SSSR count). The Morgan fingerprint density at radius 3 is 2.24 bits per heavy atom. The summed E-state index contributed by atoms with van der Waals surface area (Å²) in [6, 6.07) is 2.35. The van der Waals surface area contributed by atoms with Crippen molar-refractivity contribution in [1.29, 1.82) is 0 Å². The largest absolute Gasteiger partial charge is 0.313 e. The molecule has 1 nitrogen and oxygen atoms in total. The molecule has 1 N–H and O–H groups in total. The van der Waals surface area contributed by atoms with Crippen LogP contribution in [0.1, 0.15) is 32.4 Å². The molecule has 0 bridgehead atoms. The quantitative estimate of drug-likeness (QED) is 0.819. The minimum absolute atomic E-state index is 0.114. The van der Waals surface area contributed by atoms with E-state index in [0.717, 1.165) is 0 Å². The van der Waals surface area contributed by atoms with Gasteiger partial charge in [-0.05, 0) is 46.9 Å². The maximum absolute atomic E-state index is 14.0. The molecule has 0 saturated carbocycles. The molecule has 0 aliphatic rings. The monoisotopic (exact) mass is 305 g/mol. The first-order valence-corrected chi connectivity index (χ1v) is 6.50. The second-order valence-electron chi connectivity index (χ2n) is 4.63. The van der Waals surface area contributed by atoms with Crippen molar-refractivity contribution in [2.45, 2.75) is 26.8 Å². The summed E-state index contributed by atoms with van der Waals surface area (Å²) >= 11 is 3.09. The van der Waals surface area contributed by atoms with Gasteiger partial charge >= 0.3 is 0 Å². The Kier molecular flexibility index (Phi) is 5.07. The number of rotatable bonds is 4. The lowest BCUT2D eigenvalue weighted by Gasteiger charge is -2.27. The Labute approximate surface area is 110 Å². The Hall–Kier alpha value is -0.480. The number of benzene rings is 1. The molecule has 0 heterocycles. The second-order valence-corrected chi connectivity index (χ2v) is 5.48. The number of hydrogen-bond acceptors (Lipinski definition) is 1. The standard InChI is InChI=1S/C13H18BrF2N/c1-7(2)8(3)13(17-4)11-10(15)6-5-9(14)12(11)16/h5-8,13,17H,1-4H3. The first kappa shape index (κ1) is 14.6. The van der Waals surface area contributed by atoms with Gasteiger partial charge in [0.1, 0.15) is 11.6 Å². The fraction of sp³-hybridized carbons (Fsp3) is 0.538. The maximum atomic E-state index is 14.0. The van der Waals surface area contributed by atoms with Crippen LogP contribution in [-0.4, -0.2) is 7.05 Å². The molecule has 1 aromatic rings. The van der Waals surface area contributed by atoms with Gasteiger partial charge in [-0.1, -0.05) is 20.8 Å². The average molecular weight is 306 g/mol. The van der Waals surface area contributed by atoms with E-state index in [4.69, 9.17) is 0 Å². The van der Waals surface area contributed by atoms with Gasteiger partial charge in [0.15, 0.2) is 0 Å². The summed E-state index contributed by atoms with van der Waals surface area (Å²) in [5, 5.41) is 3.01. The third-order valence-corrected chi connectivity index (χ3v) is 3.89. The zero-order valence-corrected chi connectivity index (χ0v) is 12.1. The molecule has 1 aromatic carbocycles. The fourth-order valence-electron chi connectivity index (χ4n) is 1.88. The molecular formula is C13H18BrF2N. The third-order valence-electron chi connectivity index (χ3n) is 3.28. The topological polar surface area (TPSA) is 12.0 Å². The van der Waals surface area contributed by atoms with Gasteiger partial charge in [0.25, 0.3) is 0 Å². The van der Waals surface area contributed by atoms with Crippen molar-refractivity contribution < 1.29 is 8.78 Å². The smallest absolute Gasteiger partial charge is 0.145 e. The van der Waals surface area contributed by atoms with Crippen molar-refractivity contribution in [2.24, 2.45) is 11.8 Å². The molecule has 0 fully saturated rings. The molecule has 96 valence electrons. The summed E-state index contributed by atoms with van der Waals surface area (Å²) in [4.78, 5) is 0. The van der Waals surface area contributed by atoms with Crippen molar-refractivity contribution in [3.63, 3.8) is 0 Å². The van der Waals surface area contributed by atoms with E-state index in [2.05, 4.69) is 21.2 Å². The summed E-state index contributed by atoms with van der Waals surface area (Å²) in [7, 11) is 1.73. The molecular weight excluding hydrogens is 288 g/mol. The van der Waals surface area contributed by atoms with Crippen LogP contribution >= 0.6 is 15.9 Å². The van der Waals surface area contributed by atoms with Crippen molar-refractivity contribution in [1.82, 2.24) is 5.32 Å². The van der Waals surface area contributed by atoms with Gasteiger partial charge in [-0.15, -0.1) is 0 Å². The van der Waals surface area contributed by atoms with E-state index in [0.29, 0.717) is 10.4 Å². The zero-order valence-electron chi connectivity index (χ0n) is 10.5. The van der Waals surface area contributed by atoms with E-state index in [9.17, 15) is 8.78 Å². The Balaban J connectivity index is 3.25. The van der Waals surface area contributed by atoms with E-state index in [1.54, 1.807) is 7.05 Å². The van der Waals surface area contributed by atoms with Crippen molar-refractivity contribution in [2.75, 3.05) is 7.05 Å². The van der Waals surface area contributed by atoms with E-state index in [1.807, 2.05) is 20.8 Å². The predicted octanol–water partition coefficient (Wildman–Crippen LogP) is 4.28. The van der Waals surface area contributed by atoms with Crippen LogP contribution in [0.15, 0.2) is 16.6 Å². The summed E-state index contributed by atoms with van der Waals surface area (Å²) in [6.07, 6.45) is 0. The number of hydrogen-bond donors (Lipinski definition) is 1. The minimum Gasteiger partial charge on any atom is -0.313 e. The molecule has 4 heteroatoms. The Morgan fingerprint density at radius 1 is 1.18 bits per heavy atom. The molecule has 0 aromatic heterocycles. The van der Waals surface area contributed by atoms with E-state index in [1.165, 1.54) is 12.1 Å². The van der Waals surface area contributed by atoms with Gasteiger partial charge < -0.3 is 5.32 Å². The first-order chi connectivity index (χ1) is 7.90. The highest BCUT2D eigenvalue weighted by Gasteiger charge is 2.27. The number of halogens is 3. The van der Waals surface area contributed by atoms with Gasteiger partial charge in [-0.25, -0.2) is 8.78 Å². The Bertz CT molecular complexity index is 393. The summed E-state index contributed by atoms with van der Waals surface area (Å²) < 4.78 is 28.1. The van der Waals surface area contributed by atoms with Crippen LogP contribution < -0.4 is 5.32 Å². The van der Waals surface area contributed by atoms with Crippen molar-refractivity contribution in [3.8, 4) is 0 Å². The summed E-state index contributed by atoms with van der Waals surface area (Å²) in [5.74, 6) is -0.544. The molecule has 2 atom stereocenters. The SMILES string of the molecule is CNC(c1c(F)ccc(Br)c1F)C(C)C(C)C. The molecule has 0 aliphatic heterocycles. The van der Waals surface area contributed by atoms with E-state index < -0.39 is 11.6 Å². The highest BCUT2D eigenvalue weighted by molar-refractivity contribution is 9.10.